The van der Waals surface area contributed by atoms with Crippen molar-refractivity contribution in [2.45, 2.75) is 50.0 Å². The number of rotatable bonds is 4. The van der Waals surface area contributed by atoms with E-state index in [0.29, 0.717) is 33.4 Å². The van der Waals surface area contributed by atoms with E-state index in [1.54, 1.807) is 31.4 Å². The first-order valence-electron chi connectivity index (χ1n) is 12.4. The Morgan fingerprint density at radius 3 is 2.81 bits per heavy atom. The fourth-order valence-corrected chi connectivity index (χ4v) is 5.74. The summed E-state index contributed by atoms with van der Waals surface area (Å²) in [6, 6.07) is 4.24. The molecule has 2 unspecified atom stereocenters. The van der Waals surface area contributed by atoms with Crippen molar-refractivity contribution in [3.63, 3.8) is 0 Å². The zero-order valence-electron chi connectivity index (χ0n) is 20.0. The van der Waals surface area contributed by atoms with E-state index in [1.165, 1.54) is 4.57 Å². The summed E-state index contributed by atoms with van der Waals surface area (Å²) in [6.45, 7) is -0.103. The van der Waals surface area contributed by atoms with Crippen molar-refractivity contribution in [2.24, 2.45) is 13.0 Å². The number of aryl methyl sites for hydroxylation is 1. The quantitative estimate of drug-likeness (QED) is 0.516. The molecule has 4 aliphatic rings. The second-order valence-electron chi connectivity index (χ2n) is 10.2. The molecule has 9 nitrogen and oxygen atoms in total. The summed E-state index contributed by atoms with van der Waals surface area (Å²) in [5.41, 5.74) is 1.04. The Balaban J connectivity index is 1.28. The number of nitrogens with zero attached hydrogens (tertiary/aromatic N) is 4. The number of hydrogen-bond donors (Lipinski definition) is 2. The molecule has 2 bridgehead atoms. The Bertz CT molecular complexity index is 1480. The molecule has 0 amide bonds. The predicted molar refractivity (Wildman–Crippen MR) is 135 cm³/mol. The predicted octanol–water partition coefficient (Wildman–Crippen LogP) is 4.27. The van der Waals surface area contributed by atoms with Crippen molar-refractivity contribution < 1.29 is 18.3 Å². The van der Waals surface area contributed by atoms with Crippen LogP contribution in [-0.4, -0.2) is 52.0 Å². The lowest BCUT2D eigenvalue weighted by atomic mass is 10.0. The third kappa shape index (κ3) is 3.78. The van der Waals surface area contributed by atoms with Crippen molar-refractivity contribution in [2.75, 3.05) is 28.7 Å². The van der Waals surface area contributed by atoms with Gasteiger partial charge >= 0.3 is 5.92 Å². The second-order valence-corrected chi connectivity index (χ2v) is 10.7. The number of hydrogen-bond acceptors (Lipinski definition) is 8. The van der Waals surface area contributed by atoms with Crippen LogP contribution in [0.15, 0.2) is 29.2 Å². The second kappa shape index (κ2) is 8.16. The van der Waals surface area contributed by atoms with Crippen LogP contribution >= 0.6 is 11.6 Å². The number of ether oxygens (including phenoxy) is 2. The van der Waals surface area contributed by atoms with Crippen LogP contribution in [0, 0.1) is 5.92 Å². The molecule has 7 rings (SSSR count). The van der Waals surface area contributed by atoms with Gasteiger partial charge in [-0.1, -0.05) is 11.6 Å². The molecule has 2 saturated heterocycles. The lowest BCUT2D eigenvalue weighted by Crippen LogP contribution is -2.44. The molecule has 12 heteroatoms. The molecule has 1 aromatic carbocycles. The fraction of sp³-hybridized carbons (Fsp3) is 0.480. The number of piperidine rings is 1. The largest absolute Gasteiger partial charge is 0.480 e. The van der Waals surface area contributed by atoms with Gasteiger partial charge in [0.2, 0.25) is 11.7 Å². The molecule has 0 spiro atoms. The van der Waals surface area contributed by atoms with E-state index >= 15 is 0 Å². The summed E-state index contributed by atoms with van der Waals surface area (Å²) in [7, 11) is 1.60. The van der Waals surface area contributed by atoms with E-state index in [9.17, 15) is 13.6 Å². The first kappa shape index (κ1) is 23.0. The maximum absolute atomic E-state index is 14.9. The van der Waals surface area contributed by atoms with Crippen molar-refractivity contribution in [3.05, 3.63) is 39.8 Å². The molecule has 5 heterocycles. The molecule has 3 aliphatic heterocycles. The molecule has 1 aliphatic carbocycles. The molecule has 0 radical (unpaired) electrons. The number of alkyl halides is 2. The number of nitrogens with one attached hydrogen (secondary N) is 2. The highest BCUT2D eigenvalue weighted by Gasteiger charge is 2.51. The number of pyridine rings is 1. The third-order valence-electron chi connectivity index (χ3n) is 7.69. The van der Waals surface area contributed by atoms with E-state index in [1.807, 2.05) is 4.90 Å². The van der Waals surface area contributed by atoms with Crippen molar-refractivity contribution in [1.29, 1.82) is 0 Å². The normalized spacial score (nSPS) is 25.9. The highest BCUT2D eigenvalue weighted by atomic mass is 35.5. The Morgan fingerprint density at radius 2 is 2.08 bits per heavy atom. The minimum atomic E-state index is -3.10. The van der Waals surface area contributed by atoms with Gasteiger partial charge in [-0.05, 0) is 49.8 Å². The maximum atomic E-state index is 14.9. The van der Waals surface area contributed by atoms with Gasteiger partial charge in [-0.15, -0.1) is 0 Å². The van der Waals surface area contributed by atoms with Gasteiger partial charge in [0.1, 0.15) is 11.3 Å². The minimum Gasteiger partial charge on any atom is -0.480 e. The molecule has 3 fully saturated rings. The molecule has 2 N–H and O–H groups in total. The molecule has 194 valence electrons. The summed E-state index contributed by atoms with van der Waals surface area (Å²) >= 11 is 6.43. The number of aromatic nitrogens is 3. The van der Waals surface area contributed by atoms with E-state index in [0.717, 1.165) is 32.2 Å². The highest BCUT2D eigenvalue weighted by Crippen LogP contribution is 2.45. The van der Waals surface area contributed by atoms with Crippen LogP contribution in [0.3, 0.4) is 0 Å². The maximum Gasteiger partial charge on any atom is 0.301 e. The van der Waals surface area contributed by atoms with E-state index < -0.39 is 24.1 Å². The SMILES string of the molecule is Cn1c(=O)c2c(c3cc(Nc4nc(N5CC6CCC5O6)ncc4Cl)ccc31)N[C@@H](C1CC1)C(F)(F)CO2. The average Bonchev–Trinajstić information content (AvgIpc) is 3.52. The summed E-state index contributed by atoms with van der Waals surface area (Å²) < 4.78 is 42.5. The van der Waals surface area contributed by atoms with Gasteiger partial charge in [0.15, 0.2) is 12.4 Å². The van der Waals surface area contributed by atoms with Crippen molar-refractivity contribution >= 4 is 45.6 Å². The Labute approximate surface area is 215 Å². The lowest BCUT2D eigenvalue weighted by Gasteiger charge is -2.25. The topological polar surface area (TPSA) is 93.5 Å². The Morgan fingerprint density at radius 1 is 1.24 bits per heavy atom. The zero-order chi connectivity index (χ0) is 25.5. The van der Waals surface area contributed by atoms with Gasteiger partial charge in [-0.25, -0.2) is 13.8 Å². The molecule has 3 aromatic rings. The highest BCUT2D eigenvalue weighted by molar-refractivity contribution is 6.33. The van der Waals surface area contributed by atoms with Crippen molar-refractivity contribution in [1.82, 2.24) is 14.5 Å². The van der Waals surface area contributed by atoms with E-state index in [2.05, 4.69) is 20.6 Å². The lowest BCUT2D eigenvalue weighted by molar-refractivity contribution is -0.0579. The van der Waals surface area contributed by atoms with Crippen molar-refractivity contribution in [3.8, 4) is 5.75 Å². The van der Waals surface area contributed by atoms with Gasteiger partial charge in [0, 0.05) is 24.7 Å². The van der Waals surface area contributed by atoms with Crippen LogP contribution in [0.2, 0.25) is 5.02 Å². The minimum absolute atomic E-state index is 0.0277. The first-order chi connectivity index (χ1) is 17.8. The Kier molecular flexibility index (Phi) is 5.07. The van der Waals surface area contributed by atoms with Gasteiger partial charge in [0.05, 0.1) is 29.5 Å². The van der Waals surface area contributed by atoms with Crippen LogP contribution in [0.4, 0.5) is 31.9 Å². The molecule has 3 atom stereocenters. The summed E-state index contributed by atoms with van der Waals surface area (Å²) in [5.74, 6) is -2.41. The summed E-state index contributed by atoms with van der Waals surface area (Å²) in [5, 5.41) is 7.16. The number of benzene rings is 1. The molecule has 37 heavy (non-hydrogen) atoms. The average molecular weight is 531 g/mol. The third-order valence-corrected chi connectivity index (χ3v) is 7.97. The Hall–Kier alpha value is -3.18. The van der Waals surface area contributed by atoms with Gasteiger partial charge in [0.25, 0.3) is 5.56 Å². The number of anilines is 4. The summed E-state index contributed by atoms with van der Waals surface area (Å²) in [4.78, 5) is 24.1. The standard InChI is InChI=1S/C25H25ClF2N6O3/c1-33-17-6-4-13(30-22-16(26)9-29-24(32-22)34-10-14-5-7-18(34)37-14)8-15(17)19-20(23(33)35)36-11-25(27,28)21(31-19)12-2-3-12/h4,6,8-9,12,14,18,21,31H,2-3,5,7,10-11H2,1H3,(H,29,30,32)/t14?,18?,21-/m0/s1. The fourth-order valence-electron chi connectivity index (χ4n) is 5.60. The van der Waals surface area contributed by atoms with Gasteiger partial charge in [-0.3, -0.25) is 4.79 Å². The van der Waals surface area contributed by atoms with Crippen LogP contribution in [-0.2, 0) is 11.8 Å². The molecular formula is C25H25ClF2N6O3. The van der Waals surface area contributed by atoms with Gasteiger partial charge in [-0.2, -0.15) is 4.98 Å². The molecule has 2 aromatic heterocycles. The van der Waals surface area contributed by atoms with Crippen LogP contribution < -0.4 is 25.8 Å². The first-order valence-corrected chi connectivity index (χ1v) is 12.8. The van der Waals surface area contributed by atoms with E-state index in [-0.39, 0.29) is 29.7 Å². The van der Waals surface area contributed by atoms with Gasteiger partial charge < -0.3 is 29.6 Å². The number of fused-ring (bicyclic) bond motifs is 5. The zero-order valence-corrected chi connectivity index (χ0v) is 20.8. The summed E-state index contributed by atoms with van der Waals surface area (Å²) in [6.07, 6.45) is 5.13. The monoisotopic (exact) mass is 530 g/mol. The van der Waals surface area contributed by atoms with Crippen LogP contribution in [0.5, 0.6) is 5.75 Å². The molecular weight excluding hydrogens is 506 g/mol. The smallest absolute Gasteiger partial charge is 0.301 e. The van der Waals surface area contributed by atoms with Crippen LogP contribution in [0.25, 0.3) is 10.9 Å². The number of halogens is 3. The van der Waals surface area contributed by atoms with E-state index in [4.69, 9.17) is 21.1 Å². The van der Waals surface area contributed by atoms with Crippen LogP contribution in [0.1, 0.15) is 25.7 Å². The molecule has 1 saturated carbocycles.